The van der Waals surface area contributed by atoms with E-state index in [-0.39, 0.29) is 12.1 Å². The van der Waals surface area contributed by atoms with Crippen molar-refractivity contribution in [1.29, 1.82) is 0 Å². The van der Waals surface area contributed by atoms with Gasteiger partial charge in [0.2, 0.25) is 0 Å². The molecule has 2 aliphatic rings. The number of nitrogens with one attached hydrogen (secondary N) is 1. The standard InChI is InChI=1S/C34H38ClN5S/c1-21-9-11-26(12-10-21)39-24(4)17-28(25(39)5)33-32(30-8-6-7-15-36-30)37-34(41)40(33)27-13-14-31(29(35)18-27)38-19-22(2)16-23(3)20-38/h6-15,17-18,22-23,32-33H,16,19-20H2,1-5H3,(H,37,41)/t22-,23-,32+,33-/m1/s1. The van der Waals surface area contributed by atoms with Gasteiger partial charge in [-0.3, -0.25) is 4.98 Å². The summed E-state index contributed by atoms with van der Waals surface area (Å²) in [4.78, 5) is 9.41. The SMILES string of the molecule is Cc1ccc(-n2c(C)cc([C@@H]3[C@H](c4ccccn4)NC(=S)N3c3ccc(N4C[C@H](C)C[C@@H](C)C4)c(Cl)c3)c2C)cc1. The van der Waals surface area contributed by atoms with Crippen LogP contribution in [0.2, 0.25) is 5.02 Å². The molecule has 1 N–H and O–H groups in total. The normalized spacial score (nSPS) is 22.7. The smallest absolute Gasteiger partial charge is 0.174 e. The van der Waals surface area contributed by atoms with Gasteiger partial charge in [-0.1, -0.05) is 49.2 Å². The van der Waals surface area contributed by atoms with Crippen LogP contribution in [0, 0.1) is 32.6 Å². The molecule has 2 aromatic heterocycles. The minimum atomic E-state index is -0.113. The van der Waals surface area contributed by atoms with Gasteiger partial charge in [-0.2, -0.15) is 0 Å². The van der Waals surface area contributed by atoms with E-state index in [1.54, 1.807) is 0 Å². The second kappa shape index (κ2) is 11.1. The number of aryl methyl sites for hydroxylation is 2. The maximum absolute atomic E-state index is 7.04. The van der Waals surface area contributed by atoms with Gasteiger partial charge in [0.15, 0.2) is 5.11 Å². The van der Waals surface area contributed by atoms with Crippen molar-refractivity contribution in [2.75, 3.05) is 22.9 Å². The number of piperidine rings is 1. The maximum Gasteiger partial charge on any atom is 0.174 e. The zero-order valence-corrected chi connectivity index (χ0v) is 26.0. The molecule has 2 fully saturated rings. The summed E-state index contributed by atoms with van der Waals surface area (Å²) in [6.45, 7) is 13.2. The van der Waals surface area contributed by atoms with Gasteiger partial charge in [-0.05, 0) is 105 Å². The Morgan fingerprint density at radius 1 is 0.902 bits per heavy atom. The molecule has 0 saturated carbocycles. The molecular weight excluding hydrogens is 546 g/mol. The number of hydrogen-bond donors (Lipinski definition) is 1. The summed E-state index contributed by atoms with van der Waals surface area (Å²) in [5, 5.41) is 5.05. The minimum absolute atomic E-state index is 0.0975. The van der Waals surface area contributed by atoms with Crippen molar-refractivity contribution in [2.45, 2.75) is 53.1 Å². The van der Waals surface area contributed by atoms with Crippen molar-refractivity contribution < 1.29 is 0 Å². The van der Waals surface area contributed by atoms with Crippen molar-refractivity contribution >= 4 is 40.3 Å². The number of pyridine rings is 1. The molecule has 0 radical (unpaired) electrons. The van der Waals surface area contributed by atoms with Gasteiger partial charge in [-0.25, -0.2) is 0 Å². The van der Waals surface area contributed by atoms with Gasteiger partial charge in [0, 0.05) is 42.0 Å². The molecule has 0 spiro atoms. The van der Waals surface area contributed by atoms with Crippen LogP contribution >= 0.6 is 23.8 Å². The average Bonchev–Trinajstić information content (AvgIpc) is 3.44. The number of halogens is 1. The van der Waals surface area contributed by atoms with Crippen LogP contribution in [0.4, 0.5) is 11.4 Å². The first-order valence-electron chi connectivity index (χ1n) is 14.5. The summed E-state index contributed by atoms with van der Waals surface area (Å²) in [6.07, 6.45) is 3.11. The van der Waals surface area contributed by atoms with Crippen LogP contribution in [0.1, 0.15) is 60.6 Å². The van der Waals surface area contributed by atoms with Crippen LogP contribution in [0.5, 0.6) is 0 Å². The molecule has 4 heterocycles. The molecule has 5 nitrogen and oxygen atoms in total. The molecule has 0 amide bonds. The van der Waals surface area contributed by atoms with E-state index in [2.05, 4.69) is 109 Å². The lowest BCUT2D eigenvalue weighted by molar-refractivity contribution is 0.357. The third kappa shape index (κ3) is 5.24. The molecule has 2 saturated heterocycles. The number of thiocarbonyl (C=S) groups is 1. The van der Waals surface area contributed by atoms with Crippen LogP contribution in [0.15, 0.2) is 72.9 Å². The second-order valence-electron chi connectivity index (χ2n) is 12.0. The lowest BCUT2D eigenvalue weighted by Crippen LogP contribution is -2.38. The van der Waals surface area contributed by atoms with Crippen molar-refractivity contribution in [3.63, 3.8) is 0 Å². The Morgan fingerprint density at radius 2 is 1.61 bits per heavy atom. The molecule has 0 bridgehead atoms. The lowest BCUT2D eigenvalue weighted by atomic mass is 9.91. The van der Waals surface area contributed by atoms with Crippen LogP contribution < -0.4 is 15.1 Å². The van der Waals surface area contributed by atoms with E-state index in [4.69, 9.17) is 28.8 Å². The Kier molecular flexibility index (Phi) is 7.56. The molecule has 4 atom stereocenters. The molecule has 0 unspecified atom stereocenters. The van der Waals surface area contributed by atoms with Crippen LogP contribution in [-0.2, 0) is 0 Å². The Morgan fingerprint density at radius 3 is 2.27 bits per heavy atom. The fraction of sp³-hybridized carbons (Fsp3) is 0.353. The van der Waals surface area contributed by atoms with Gasteiger partial charge in [0.05, 0.1) is 28.5 Å². The van der Waals surface area contributed by atoms with Crippen molar-refractivity contribution in [3.05, 3.63) is 106 Å². The van der Waals surface area contributed by atoms with Crippen LogP contribution in [0.25, 0.3) is 5.69 Å². The summed E-state index contributed by atoms with van der Waals surface area (Å²) in [7, 11) is 0. The Labute approximate surface area is 254 Å². The summed E-state index contributed by atoms with van der Waals surface area (Å²) in [5.74, 6) is 1.30. The first-order chi connectivity index (χ1) is 19.7. The van der Waals surface area contributed by atoms with Crippen LogP contribution in [0.3, 0.4) is 0 Å². The minimum Gasteiger partial charge on any atom is -0.370 e. The second-order valence-corrected chi connectivity index (χ2v) is 12.8. The quantitative estimate of drug-likeness (QED) is 0.240. The number of hydrogen-bond acceptors (Lipinski definition) is 3. The monoisotopic (exact) mass is 583 g/mol. The van der Waals surface area contributed by atoms with Crippen molar-refractivity contribution in [3.8, 4) is 5.69 Å². The van der Waals surface area contributed by atoms with E-state index in [1.165, 1.54) is 28.9 Å². The summed E-state index contributed by atoms with van der Waals surface area (Å²) < 4.78 is 2.33. The first-order valence-corrected chi connectivity index (χ1v) is 15.3. The molecule has 4 aromatic rings. The molecule has 2 aliphatic heterocycles. The topological polar surface area (TPSA) is 36.3 Å². The van der Waals surface area contributed by atoms with Gasteiger partial charge in [0.25, 0.3) is 0 Å². The lowest BCUT2D eigenvalue weighted by Gasteiger charge is -2.37. The van der Waals surface area contributed by atoms with E-state index in [9.17, 15) is 0 Å². The van der Waals surface area contributed by atoms with Gasteiger partial charge in [0.1, 0.15) is 0 Å². The Balaban J connectivity index is 1.44. The maximum atomic E-state index is 7.04. The van der Waals surface area contributed by atoms with E-state index in [1.807, 2.05) is 18.3 Å². The fourth-order valence-corrected chi connectivity index (χ4v) is 7.53. The number of aromatic nitrogens is 2. The van der Waals surface area contributed by atoms with Gasteiger partial charge < -0.3 is 19.7 Å². The molecular formula is C34H38ClN5S. The van der Waals surface area contributed by atoms with E-state index in [0.717, 1.165) is 40.9 Å². The third-order valence-electron chi connectivity index (χ3n) is 8.60. The highest BCUT2D eigenvalue weighted by Gasteiger charge is 2.42. The molecule has 212 valence electrons. The van der Waals surface area contributed by atoms with E-state index >= 15 is 0 Å². The molecule has 0 aliphatic carbocycles. The zero-order chi connectivity index (χ0) is 28.8. The highest BCUT2D eigenvalue weighted by molar-refractivity contribution is 7.80. The molecule has 41 heavy (non-hydrogen) atoms. The summed E-state index contributed by atoms with van der Waals surface area (Å²) >= 11 is 13.1. The first kappa shape index (κ1) is 27.8. The largest absolute Gasteiger partial charge is 0.370 e. The highest BCUT2D eigenvalue weighted by atomic mass is 35.5. The summed E-state index contributed by atoms with van der Waals surface area (Å²) in [5.41, 5.74) is 9.03. The van der Waals surface area contributed by atoms with Crippen molar-refractivity contribution in [2.24, 2.45) is 11.8 Å². The molecule has 7 heteroatoms. The molecule has 6 rings (SSSR count). The number of nitrogens with zero attached hydrogens (tertiary/aromatic N) is 4. The van der Waals surface area contributed by atoms with Gasteiger partial charge in [-0.15, -0.1) is 0 Å². The fourth-order valence-electron chi connectivity index (χ4n) is 6.89. The van der Waals surface area contributed by atoms with Gasteiger partial charge >= 0.3 is 0 Å². The van der Waals surface area contributed by atoms with E-state index in [0.29, 0.717) is 16.9 Å². The molecule has 2 aromatic carbocycles. The third-order valence-corrected chi connectivity index (χ3v) is 9.22. The van der Waals surface area contributed by atoms with Crippen molar-refractivity contribution in [1.82, 2.24) is 14.9 Å². The number of rotatable bonds is 5. The predicted molar refractivity (Wildman–Crippen MR) is 175 cm³/mol. The number of anilines is 2. The zero-order valence-electron chi connectivity index (χ0n) is 24.4. The Bertz CT molecular complexity index is 1550. The average molecular weight is 584 g/mol. The summed E-state index contributed by atoms with van der Waals surface area (Å²) in [6, 6.07) is 23.3. The Hall–Kier alpha value is -3.35. The van der Waals surface area contributed by atoms with E-state index < -0.39 is 0 Å². The number of benzene rings is 2. The predicted octanol–water partition coefficient (Wildman–Crippen LogP) is 8.11. The highest BCUT2D eigenvalue weighted by Crippen LogP contribution is 2.45. The van der Waals surface area contributed by atoms with Crippen LogP contribution in [-0.4, -0.2) is 27.8 Å².